The summed E-state index contributed by atoms with van der Waals surface area (Å²) in [5.41, 5.74) is 13.3. The van der Waals surface area contributed by atoms with Crippen molar-refractivity contribution in [2.24, 2.45) is 0 Å². The van der Waals surface area contributed by atoms with Gasteiger partial charge >= 0.3 is 0 Å². The van der Waals surface area contributed by atoms with Crippen LogP contribution in [-0.2, 0) is 12.8 Å². The van der Waals surface area contributed by atoms with Crippen LogP contribution < -0.4 is 0 Å². The molecule has 0 spiro atoms. The van der Waals surface area contributed by atoms with Gasteiger partial charge in [-0.1, -0.05) is 109 Å². The van der Waals surface area contributed by atoms with Gasteiger partial charge in [-0.05, 0) is 101 Å². The first-order chi connectivity index (χ1) is 20.3. The van der Waals surface area contributed by atoms with Gasteiger partial charge in [-0.25, -0.2) is 0 Å². The van der Waals surface area contributed by atoms with Crippen molar-refractivity contribution in [3.8, 4) is 27.9 Å². The highest BCUT2D eigenvalue weighted by atomic mass is 15.0. The third kappa shape index (κ3) is 4.17. The molecule has 8 rings (SSSR count). The molecule has 1 heteroatoms. The normalized spacial score (nSPS) is 14.5. The molecular weight excluding hydrogens is 494 g/mol. The highest BCUT2D eigenvalue weighted by Crippen LogP contribution is 2.42. The maximum Gasteiger partial charge on any atom is 0.0541 e. The maximum atomic E-state index is 2.45. The van der Waals surface area contributed by atoms with Crippen LogP contribution in [0.15, 0.2) is 146 Å². The minimum Gasteiger partial charge on any atom is -0.309 e. The topological polar surface area (TPSA) is 4.93 Å². The molecule has 41 heavy (non-hydrogen) atoms. The molecule has 1 aliphatic carbocycles. The van der Waals surface area contributed by atoms with Crippen molar-refractivity contribution in [3.05, 3.63) is 162 Å². The van der Waals surface area contributed by atoms with E-state index in [1.807, 2.05) is 0 Å². The van der Waals surface area contributed by atoms with Gasteiger partial charge in [0.15, 0.2) is 0 Å². The molecule has 0 fully saturated rings. The van der Waals surface area contributed by atoms with Crippen LogP contribution in [0.2, 0.25) is 0 Å². The van der Waals surface area contributed by atoms with E-state index in [1.54, 1.807) is 0 Å². The maximum absolute atomic E-state index is 2.45. The molecule has 0 bridgehead atoms. The van der Waals surface area contributed by atoms with E-state index in [0.717, 1.165) is 12.8 Å². The van der Waals surface area contributed by atoms with E-state index in [9.17, 15) is 0 Å². The van der Waals surface area contributed by atoms with Crippen molar-refractivity contribution in [1.82, 2.24) is 4.57 Å². The fourth-order valence-electron chi connectivity index (χ4n) is 6.93. The first kappa shape index (κ1) is 24.0. The van der Waals surface area contributed by atoms with E-state index >= 15 is 0 Å². The summed E-state index contributed by atoms with van der Waals surface area (Å²) < 4.78 is 2.38. The van der Waals surface area contributed by atoms with Crippen LogP contribution in [0.5, 0.6) is 0 Å². The molecule has 0 N–H and O–H groups in total. The first-order valence-corrected chi connectivity index (χ1v) is 14.7. The fraction of sp³-hybridized carbons (Fsp3) is 0.100. The number of aromatic nitrogens is 1. The second kappa shape index (κ2) is 9.94. The number of rotatable bonds is 4. The lowest BCUT2D eigenvalue weighted by atomic mass is 9.85. The molecule has 0 radical (unpaired) electrons. The lowest BCUT2D eigenvalue weighted by molar-refractivity contribution is 0.629. The van der Waals surface area contributed by atoms with Gasteiger partial charge < -0.3 is 4.57 Å². The molecule has 1 unspecified atom stereocenters. The van der Waals surface area contributed by atoms with Gasteiger partial charge in [0, 0.05) is 16.5 Å². The van der Waals surface area contributed by atoms with Crippen molar-refractivity contribution < 1.29 is 0 Å². The molecule has 6 aromatic carbocycles. The predicted molar refractivity (Wildman–Crippen MR) is 173 cm³/mol. The van der Waals surface area contributed by atoms with Crippen molar-refractivity contribution in [2.75, 3.05) is 0 Å². The Morgan fingerprint density at radius 2 is 1.22 bits per heavy atom. The summed E-state index contributed by atoms with van der Waals surface area (Å²) in [6.45, 7) is 0. The fourth-order valence-corrected chi connectivity index (χ4v) is 6.93. The number of para-hydroxylation sites is 2. The van der Waals surface area contributed by atoms with E-state index in [4.69, 9.17) is 0 Å². The summed E-state index contributed by atoms with van der Waals surface area (Å²) in [6, 6.07) is 53.7. The molecule has 0 saturated carbocycles. The molecular formula is C40H31N. The summed E-state index contributed by atoms with van der Waals surface area (Å²) in [5, 5.41) is 2.58. The predicted octanol–water partition coefficient (Wildman–Crippen LogP) is 10.4. The Hall–Kier alpha value is -4.88. The van der Waals surface area contributed by atoms with Crippen LogP contribution in [0.4, 0.5) is 0 Å². The van der Waals surface area contributed by atoms with Crippen molar-refractivity contribution >= 4 is 21.8 Å². The minimum absolute atomic E-state index is 0.500. The lowest BCUT2D eigenvalue weighted by Gasteiger charge is -2.19. The summed E-state index contributed by atoms with van der Waals surface area (Å²) in [6.07, 6.45) is 3.36. The number of fused-ring (bicyclic) bond motifs is 6. The molecule has 1 nitrogen and oxygen atoms in total. The number of hydrogen-bond acceptors (Lipinski definition) is 0. The van der Waals surface area contributed by atoms with E-state index in [0.29, 0.717) is 5.92 Å². The highest BCUT2D eigenvalue weighted by molar-refractivity contribution is 6.10. The SMILES string of the molecule is c1ccc(CC2CCc3ccccc3-c3cc(-c4ccc5c(c4)c4ccccc4n5-c4ccccc4)ccc32)cc1. The van der Waals surface area contributed by atoms with Crippen LogP contribution >= 0.6 is 0 Å². The smallest absolute Gasteiger partial charge is 0.0541 e. The van der Waals surface area contributed by atoms with Gasteiger partial charge in [-0.15, -0.1) is 0 Å². The van der Waals surface area contributed by atoms with E-state index in [-0.39, 0.29) is 0 Å². The van der Waals surface area contributed by atoms with Crippen LogP contribution in [0.3, 0.4) is 0 Å². The molecule has 1 aliphatic rings. The van der Waals surface area contributed by atoms with E-state index in [1.165, 1.54) is 72.9 Å². The Bertz CT molecular complexity index is 2010. The van der Waals surface area contributed by atoms with Crippen molar-refractivity contribution in [3.63, 3.8) is 0 Å². The van der Waals surface area contributed by atoms with Gasteiger partial charge in [-0.2, -0.15) is 0 Å². The molecule has 1 heterocycles. The second-order valence-electron chi connectivity index (χ2n) is 11.3. The first-order valence-electron chi connectivity index (χ1n) is 14.7. The Labute approximate surface area is 241 Å². The Morgan fingerprint density at radius 1 is 0.537 bits per heavy atom. The number of benzene rings is 6. The highest BCUT2D eigenvalue weighted by Gasteiger charge is 2.23. The monoisotopic (exact) mass is 525 g/mol. The average molecular weight is 526 g/mol. The Kier molecular flexibility index (Phi) is 5.81. The van der Waals surface area contributed by atoms with Crippen LogP contribution in [0.25, 0.3) is 49.7 Å². The summed E-state index contributed by atoms with van der Waals surface area (Å²) in [4.78, 5) is 0. The van der Waals surface area contributed by atoms with Crippen LogP contribution in [-0.4, -0.2) is 4.57 Å². The molecule has 0 amide bonds. The molecule has 196 valence electrons. The zero-order valence-electron chi connectivity index (χ0n) is 23.0. The van der Waals surface area contributed by atoms with Gasteiger partial charge in [0.05, 0.1) is 11.0 Å². The van der Waals surface area contributed by atoms with Crippen LogP contribution in [0.1, 0.15) is 29.0 Å². The standard InChI is InChI=1S/C40H31N/c1-3-11-28(12-4-1)25-32-20-19-29-13-7-8-16-34(29)37-26-30(21-23-35(32)37)31-22-24-40-38(27-31)36-17-9-10-18-39(36)41(40)33-14-5-2-6-15-33/h1-18,21-24,26-27,32H,19-20,25H2. The van der Waals surface area contributed by atoms with Crippen molar-refractivity contribution in [2.45, 2.75) is 25.2 Å². The summed E-state index contributed by atoms with van der Waals surface area (Å²) in [5.74, 6) is 0.500. The van der Waals surface area contributed by atoms with Crippen LogP contribution in [0, 0.1) is 0 Å². The van der Waals surface area contributed by atoms with Crippen molar-refractivity contribution in [1.29, 1.82) is 0 Å². The van der Waals surface area contributed by atoms with E-state index < -0.39 is 0 Å². The lowest BCUT2D eigenvalue weighted by Crippen LogP contribution is -2.04. The second-order valence-corrected chi connectivity index (χ2v) is 11.3. The van der Waals surface area contributed by atoms with Gasteiger partial charge in [0.1, 0.15) is 0 Å². The largest absolute Gasteiger partial charge is 0.309 e. The van der Waals surface area contributed by atoms with E-state index in [2.05, 4.69) is 150 Å². The molecule has 1 aromatic heterocycles. The zero-order chi connectivity index (χ0) is 27.2. The zero-order valence-corrected chi connectivity index (χ0v) is 23.0. The van der Waals surface area contributed by atoms with Gasteiger partial charge in [-0.3, -0.25) is 0 Å². The third-order valence-corrected chi connectivity index (χ3v) is 8.91. The molecule has 1 atom stereocenters. The quantitative estimate of drug-likeness (QED) is 0.215. The third-order valence-electron chi connectivity index (χ3n) is 8.91. The average Bonchev–Trinajstić information content (AvgIpc) is 3.29. The summed E-state index contributed by atoms with van der Waals surface area (Å²) >= 11 is 0. The number of hydrogen-bond donors (Lipinski definition) is 0. The molecule has 7 aromatic rings. The summed E-state index contributed by atoms with van der Waals surface area (Å²) in [7, 11) is 0. The Balaban J connectivity index is 1.28. The molecule has 0 saturated heterocycles. The number of aryl methyl sites for hydroxylation is 1. The Morgan fingerprint density at radius 3 is 2.10 bits per heavy atom. The molecule has 0 aliphatic heterocycles. The number of nitrogens with zero attached hydrogens (tertiary/aromatic N) is 1. The minimum atomic E-state index is 0.500. The van der Waals surface area contributed by atoms with Gasteiger partial charge in [0.2, 0.25) is 0 Å². The van der Waals surface area contributed by atoms with Gasteiger partial charge in [0.25, 0.3) is 0 Å².